The van der Waals surface area contributed by atoms with Gasteiger partial charge in [0, 0.05) is 43.7 Å². The Morgan fingerprint density at radius 3 is 3.00 bits per heavy atom. The van der Waals surface area contributed by atoms with Crippen LogP contribution in [-0.4, -0.2) is 43.5 Å². The van der Waals surface area contributed by atoms with Gasteiger partial charge in [-0.25, -0.2) is 0 Å². The first-order valence-corrected chi connectivity index (χ1v) is 7.38. The zero-order valence-electron chi connectivity index (χ0n) is 12.0. The van der Waals surface area contributed by atoms with Gasteiger partial charge in [0.15, 0.2) is 0 Å². The molecule has 20 heavy (non-hydrogen) atoms. The molecule has 2 unspecified atom stereocenters. The van der Waals surface area contributed by atoms with Gasteiger partial charge in [0.25, 0.3) is 0 Å². The van der Waals surface area contributed by atoms with E-state index in [2.05, 4.69) is 21.6 Å². The zero-order chi connectivity index (χ0) is 14.5. The number of nitrogens with one attached hydrogen (secondary N) is 2. The number of amides is 1. The van der Waals surface area contributed by atoms with Crippen LogP contribution in [0.5, 0.6) is 0 Å². The van der Waals surface area contributed by atoms with E-state index in [1.165, 1.54) is 5.56 Å². The van der Waals surface area contributed by atoms with Gasteiger partial charge < -0.3 is 10.6 Å². The zero-order valence-corrected chi connectivity index (χ0v) is 12.8. The second kappa shape index (κ2) is 7.07. The summed E-state index contributed by atoms with van der Waals surface area (Å²) in [5.74, 6) is 0.0526. The van der Waals surface area contributed by atoms with Crippen LogP contribution < -0.4 is 10.6 Å². The van der Waals surface area contributed by atoms with Crippen molar-refractivity contribution in [1.82, 2.24) is 15.5 Å². The Kier molecular flexibility index (Phi) is 5.40. The second-order valence-electron chi connectivity index (χ2n) is 5.34. The number of halogens is 1. The van der Waals surface area contributed by atoms with E-state index in [4.69, 9.17) is 11.6 Å². The number of likely N-dealkylation sites (tertiary alicyclic amines) is 1. The van der Waals surface area contributed by atoms with Crippen LogP contribution in [-0.2, 0) is 4.79 Å². The van der Waals surface area contributed by atoms with Crippen LogP contribution in [0.1, 0.15) is 24.9 Å². The van der Waals surface area contributed by atoms with Crippen molar-refractivity contribution in [3.05, 3.63) is 34.9 Å². The molecule has 2 N–H and O–H groups in total. The van der Waals surface area contributed by atoms with Crippen molar-refractivity contribution in [1.29, 1.82) is 0 Å². The van der Waals surface area contributed by atoms with Gasteiger partial charge in [0.1, 0.15) is 0 Å². The van der Waals surface area contributed by atoms with Crippen molar-refractivity contribution in [3.63, 3.8) is 0 Å². The van der Waals surface area contributed by atoms with Gasteiger partial charge in [-0.15, -0.1) is 0 Å². The molecule has 1 amide bonds. The topological polar surface area (TPSA) is 44.4 Å². The van der Waals surface area contributed by atoms with Gasteiger partial charge in [0.05, 0.1) is 0 Å². The molecule has 1 heterocycles. The molecule has 0 aromatic heterocycles. The minimum atomic E-state index is 0.0526. The minimum absolute atomic E-state index is 0.0526. The number of nitrogens with zero attached hydrogens (tertiary/aromatic N) is 1. The lowest BCUT2D eigenvalue weighted by Crippen LogP contribution is -2.37. The molecule has 2 rings (SSSR count). The van der Waals surface area contributed by atoms with E-state index < -0.39 is 0 Å². The second-order valence-corrected chi connectivity index (χ2v) is 5.78. The Balaban J connectivity index is 1.93. The van der Waals surface area contributed by atoms with Crippen LogP contribution in [0.2, 0.25) is 5.02 Å². The average molecular weight is 296 g/mol. The Labute approximate surface area is 125 Å². The third kappa shape index (κ3) is 4.20. The molecule has 1 aliphatic rings. The maximum atomic E-state index is 11.1. The molecule has 1 saturated heterocycles. The summed E-state index contributed by atoms with van der Waals surface area (Å²) in [6, 6.07) is 8.50. The number of carbonyl (C=O) groups excluding carboxylic acids is 1. The standard InChI is InChI=1S/C15H22ClN3O/c1-11(20)18-14-6-7-19(9-14)10-15(17-2)12-4-3-5-13(16)8-12/h3-5,8,14-15,17H,6-7,9-10H2,1-2H3,(H,18,20). The first-order chi connectivity index (χ1) is 9.58. The van der Waals surface area contributed by atoms with Crippen molar-refractivity contribution in [2.24, 2.45) is 0 Å². The highest BCUT2D eigenvalue weighted by Gasteiger charge is 2.25. The van der Waals surface area contributed by atoms with Crippen LogP contribution in [0.15, 0.2) is 24.3 Å². The molecule has 1 aliphatic heterocycles. The highest BCUT2D eigenvalue weighted by molar-refractivity contribution is 6.30. The number of benzene rings is 1. The summed E-state index contributed by atoms with van der Waals surface area (Å²) in [7, 11) is 1.97. The number of rotatable bonds is 5. The Morgan fingerprint density at radius 2 is 2.35 bits per heavy atom. The molecule has 0 radical (unpaired) electrons. The van der Waals surface area contributed by atoms with Gasteiger partial charge >= 0.3 is 0 Å². The van der Waals surface area contributed by atoms with Gasteiger partial charge in [-0.2, -0.15) is 0 Å². The molecule has 1 aromatic rings. The molecule has 5 heteroatoms. The quantitative estimate of drug-likeness (QED) is 0.871. The number of carbonyl (C=O) groups is 1. The van der Waals surface area contributed by atoms with Crippen LogP contribution in [0.4, 0.5) is 0 Å². The first kappa shape index (κ1) is 15.3. The molecular formula is C15H22ClN3O. The van der Waals surface area contributed by atoms with Gasteiger partial charge in [0.2, 0.25) is 5.91 Å². The van der Waals surface area contributed by atoms with Crippen LogP contribution in [0.3, 0.4) is 0 Å². The smallest absolute Gasteiger partial charge is 0.217 e. The van der Waals surface area contributed by atoms with Crippen LogP contribution in [0, 0.1) is 0 Å². The SMILES string of the molecule is CNC(CN1CCC(NC(C)=O)C1)c1cccc(Cl)c1. The van der Waals surface area contributed by atoms with E-state index >= 15 is 0 Å². The number of hydrogen-bond acceptors (Lipinski definition) is 3. The fourth-order valence-corrected chi connectivity index (χ4v) is 2.95. The van der Waals surface area contributed by atoms with Gasteiger partial charge in [-0.05, 0) is 31.2 Å². The molecule has 1 aromatic carbocycles. The van der Waals surface area contributed by atoms with E-state index in [9.17, 15) is 4.79 Å². The lowest BCUT2D eigenvalue weighted by Gasteiger charge is -2.24. The molecule has 0 saturated carbocycles. The summed E-state index contributed by atoms with van der Waals surface area (Å²) >= 11 is 6.05. The summed E-state index contributed by atoms with van der Waals surface area (Å²) in [6.45, 7) is 4.43. The van der Waals surface area contributed by atoms with Gasteiger partial charge in [-0.3, -0.25) is 9.69 Å². The lowest BCUT2D eigenvalue weighted by molar-refractivity contribution is -0.119. The monoisotopic (exact) mass is 295 g/mol. The van der Waals surface area contributed by atoms with E-state index in [0.29, 0.717) is 0 Å². The predicted octanol–water partition coefficient (Wildman–Crippen LogP) is 1.81. The Morgan fingerprint density at radius 1 is 1.55 bits per heavy atom. The molecule has 4 nitrogen and oxygen atoms in total. The number of hydrogen-bond donors (Lipinski definition) is 2. The summed E-state index contributed by atoms with van der Waals surface area (Å²) in [5.41, 5.74) is 1.20. The average Bonchev–Trinajstić information content (AvgIpc) is 2.82. The maximum absolute atomic E-state index is 11.1. The van der Waals surface area contributed by atoms with Crippen LogP contribution in [0.25, 0.3) is 0 Å². The van der Waals surface area contributed by atoms with Crippen molar-refractivity contribution >= 4 is 17.5 Å². The fourth-order valence-electron chi connectivity index (χ4n) is 2.75. The van der Waals surface area contributed by atoms with Crippen molar-refractivity contribution in [2.45, 2.75) is 25.4 Å². The van der Waals surface area contributed by atoms with E-state index in [1.54, 1.807) is 6.92 Å². The molecule has 110 valence electrons. The third-order valence-electron chi connectivity index (χ3n) is 3.72. The lowest BCUT2D eigenvalue weighted by atomic mass is 10.1. The van der Waals surface area contributed by atoms with Crippen molar-refractivity contribution in [2.75, 3.05) is 26.7 Å². The Bertz CT molecular complexity index is 466. The van der Waals surface area contributed by atoms with Crippen LogP contribution >= 0.6 is 11.6 Å². The van der Waals surface area contributed by atoms with E-state index in [1.807, 2.05) is 25.2 Å². The van der Waals surface area contributed by atoms with Crippen molar-refractivity contribution in [3.8, 4) is 0 Å². The Hall–Kier alpha value is -1.10. The highest BCUT2D eigenvalue weighted by Crippen LogP contribution is 2.20. The first-order valence-electron chi connectivity index (χ1n) is 7.00. The van der Waals surface area contributed by atoms with Gasteiger partial charge in [-0.1, -0.05) is 23.7 Å². The maximum Gasteiger partial charge on any atom is 0.217 e. The summed E-state index contributed by atoms with van der Waals surface area (Å²) in [6.07, 6.45) is 1.02. The molecule has 0 bridgehead atoms. The highest BCUT2D eigenvalue weighted by atomic mass is 35.5. The molecule has 1 fully saturated rings. The fraction of sp³-hybridized carbons (Fsp3) is 0.533. The molecule has 2 atom stereocenters. The molecule has 0 aliphatic carbocycles. The normalized spacial score (nSPS) is 20.9. The largest absolute Gasteiger partial charge is 0.352 e. The predicted molar refractivity (Wildman–Crippen MR) is 81.9 cm³/mol. The summed E-state index contributed by atoms with van der Waals surface area (Å²) < 4.78 is 0. The summed E-state index contributed by atoms with van der Waals surface area (Å²) in [4.78, 5) is 13.5. The molecule has 0 spiro atoms. The third-order valence-corrected chi connectivity index (χ3v) is 3.96. The summed E-state index contributed by atoms with van der Waals surface area (Å²) in [5, 5.41) is 7.09. The van der Waals surface area contributed by atoms with Crippen molar-refractivity contribution < 1.29 is 4.79 Å². The van der Waals surface area contributed by atoms with E-state index in [0.717, 1.165) is 31.1 Å². The number of likely N-dealkylation sites (N-methyl/N-ethyl adjacent to an activating group) is 1. The minimum Gasteiger partial charge on any atom is -0.352 e. The molecular weight excluding hydrogens is 274 g/mol. The van der Waals surface area contributed by atoms with E-state index in [-0.39, 0.29) is 18.0 Å².